The van der Waals surface area contributed by atoms with Gasteiger partial charge in [0.25, 0.3) is 15.9 Å². The third kappa shape index (κ3) is 6.12. The number of hydrogen-bond acceptors (Lipinski definition) is 5. The van der Waals surface area contributed by atoms with E-state index in [9.17, 15) is 13.2 Å². The van der Waals surface area contributed by atoms with Gasteiger partial charge in [0.05, 0.1) is 23.4 Å². The van der Waals surface area contributed by atoms with Crippen LogP contribution in [0.4, 0.5) is 5.69 Å². The Labute approximate surface area is 198 Å². The molecule has 172 valence electrons. The summed E-state index contributed by atoms with van der Waals surface area (Å²) in [5.74, 6) is -0.0195. The lowest BCUT2D eigenvalue weighted by molar-refractivity contribution is -0.119. The number of ether oxygens (including phenoxy) is 1. The molecule has 0 aromatic heterocycles. The summed E-state index contributed by atoms with van der Waals surface area (Å²) in [7, 11) is -2.49. The summed E-state index contributed by atoms with van der Waals surface area (Å²) in [4.78, 5) is 12.8. The maximum Gasteiger partial charge on any atom is 0.264 e. The van der Waals surface area contributed by atoms with Gasteiger partial charge in [0, 0.05) is 5.02 Å². The van der Waals surface area contributed by atoms with Crippen molar-refractivity contribution in [2.75, 3.05) is 18.0 Å². The molecule has 0 heterocycles. The molecule has 1 N–H and O–H groups in total. The Morgan fingerprint density at radius 3 is 2.18 bits per heavy atom. The van der Waals surface area contributed by atoms with Crippen LogP contribution in [0.5, 0.6) is 5.75 Å². The second-order valence-corrected chi connectivity index (χ2v) is 9.56. The molecule has 0 bridgehead atoms. The Kier molecular flexibility index (Phi) is 7.73. The highest BCUT2D eigenvalue weighted by Gasteiger charge is 2.27. The Morgan fingerprint density at radius 2 is 1.61 bits per heavy atom. The minimum Gasteiger partial charge on any atom is -0.497 e. The molecule has 0 aliphatic rings. The standard InChI is InChI=1S/C24H24ClN3O4S/c1-17-4-14-23(15-5-17)33(30,31)28(21-10-12-22(32-3)13-11-21)16-24(29)27-26-18(2)19-6-8-20(25)9-7-19/h4-15H,16H2,1-3H3,(H,27,29)/b26-18-. The highest BCUT2D eigenvalue weighted by molar-refractivity contribution is 7.92. The largest absolute Gasteiger partial charge is 0.497 e. The number of amides is 1. The number of rotatable bonds is 8. The average molecular weight is 486 g/mol. The second kappa shape index (κ2) is 10.5. The molecule has 0 saturated carbocycles. The van der Waals surface area contributed by atoms with Crippen molar-refractivity contribution < 1.29 is 17.9 Å². The van der Waals surface area contributed by atoms with Gasteiger partial charge in [0.1, 0.15) is 12.3 Å². The van der Waals surface area contributed by atoms with Gasteiger partial charge in [-0.3, -0.25) is 9.10 Å². The van der Waals surface area contributed by atoms with Crippen molar-refractivity contribution >= 4 is 38.9 Å². The monoisotopic (exact) mass is 485 g/mol. The van der Waals surface area contributed by atoms with Crippen molar-refractivity contribution in [1.29, 1.82) is 0 Å². The molecule has 0 fully saturated rings. The van der Waals surface area contributed by atoms with Crippen molar-refractivity contribution in [2.24, 2.45) is 5.10 Å². The Balaban J connectivity index is 1.87. The molecule has 0 aliphatic carbocycles. The summed E-state index contributed by atoms with van der Waals surface area (Å²) in [6, 6.07) is 19.9. The number of nitrogens with zero attached hydrogens (tertiary/aromatic N) is 2. The maximum atomic E-state index is 13.4. The molecule has 9 heteroatoms. The van der Waals surface area contributed by atoms with Gasteiger partial charge in [0.2, 0.25) is 0 Å². The number of aryl methyl sites for hydroxylation is 1. The zero-order valence-corrected chi connectivity index (χ0v) is 20.0. The first-order valence-electron chi connectivity index (χ1n) is 10.0. The number of methoxy groups -OCH3 is 1. The second-order valence-electron chi connectivity index (χ2n) is 7.26. The van der Waals surface area contributed by atoms with Crippen LogP contribution in [-0.2, 0) is 14.8 Å². The first kappa shape index (κ1) is 24.3. The molecule has 1 amide bonds. The first-order chi connectivity index (χ1) is 15.7. The summed E-state index contributed by atoms with van der Waals surface area (Å²) in [6.07, 6.45) is 0. The van der Waals surface area contributed by atoms with E-state index in [1.807, 2.05) is 6.92 Å². The highest BCUT2D eigenvalue weighted by Crippen LogP contribution is 2.26. The van der Waals surface area contributed by atoms with Crippen LogP contribution in [0.15, 0.2) is 82.8 Å². The molecule has 7 nitrogen and oxygen atoms in total. The van der Waals surface area contributed by atoms with Gasteiger partial charge in [-0.25, -0.2) is 13.8 Å². The van der Waals surface area contributed by atoms with Crippen molar-refractivity contribution in [3.05, 3.63) is 88.9 Å². The number of carbonyl (C=O) groups is 1. The van der Waals surface area contributed by atoms with E-state index in [1.165, 1.54) is 19.2 Å². The minimum atomic E-state index is -4.01. The lowest BCUT2D eigenvalue weighted by Gasteiger charge is -2.24. The molecular weight excluding hydrogens is 462 g/mol. The lowest BCUT2D eigenvalue weighted by Crippen LogP contribution is -2.39. The number of hydrazone groups is 1. The highest BCUT2D eigenvalue weighted by atomic mass is 35.5. The van der Waals surface area contributed by atoms with Gasteiger partial charge in [-0.05, 0) is 67.9 Å². The van der Waals surface area contributed by atoms with Crippen LogP contribution in [0.25, 0.3) is 0 Å². The van der Waals surface area contributed by atoms with Gasteiger partial charge >= 0.3 is 0 Å². The number of benzene rings is 3. The smallest absolute Gasteiger partial charge is 0.264 e. The van der Waals surface area contributed by atoms with Crippen LogP contribution in [0.1, 0.15) is 18.1 Å². The van der Waals surface area contributed by atoms with Crippen molar-refractivity contribution in [3.8, 4) is 5.75 Å². The SMILES string of the molecule is COc1ccc(N(CC(=O)N/N=C(/C)c2ccc(Cl)cc2)S(=O)(=O)c2ccc(C)cc2)cc1. The van der Waals surface area contributed by atoms with Crippen LogP contribution in [0.3, 0.4) is 0 Å². The third-order valence-electron chi connectivity index (χ3n) is 4.87. The molecule has 0 aliphatic heterocycles. The van der Waals surface area contributed by atoms with Crippen LogP contribution in [-0.4, -0.2) is 33.7 Å². The molecule has 3 aromatic rings. The van der Waals surface area contributed by atoms with Gasteiger partial charge in [0.15, 0.2) is 0 Å². The molecule has 3 rings (SSSR count). The van der Waals surface area contributed by atoms with E-state index in [0.29, 0.717) is 22.2 Å². The quantitative estimate of drug-likeness (QED) is 0.378. The fraction of sp³-hybridized carbons (Fsp3) is 0.167. The van der Waals surface area contributed by atoms with Gasteiger partial charge in [-0.1, -0.05) is 41.4 Å². The van der Waals surface area contributed by atoms with Gasteiger partial charge < -0.3 is 4.74 Å². The zero-order chi connectivity index (χ0) is 24.0. The summed E-state index contributed by atoms with van der Waals surface area (Å²) in [5.41, 5.74) is 5.02. The van der Waals surface area contributed by atoms with E-state index in [2.05, 4.69) is 10.5 Å². The van der Waals surface area contributed by atoms with E-state index in [-0.39, 0.29) is 4.90 Å². The number of carbonyl (C=O) groups excluding carboxylic acids is 1. The minimum absolute atomic E-state index is 0.0811. The topological polar surface area (TPSA) is 88.1 Å². The molecule has 0 radical (unpaired) electrons. The fourth-order valence-electron chi connectivity index (χ4n) is 2.97. The molecule has 3 aromatic carbocycles. The van der Waals surface area contributed by atoms with E-state index >= 15 is 0 Å². The van der Waals surface area contributed by atoms with Crippen molar-refractivity contribution in [2.45, 2.75) is 18.7 Å². The molecule has 0 saturated heterocycles. The zero-order valence-electron chi connectivity index (χ0n) is 18.4. The van der Waals surface area contributed by atoms with Crippen LogP contribution >= 0.6 is 11.6 Å². The molecule has 33 heavy (non-hydrogen) atoms. The average Bonchev–Trinajstić information content (AvgIpc) is 2.81. The van der Waals surface area contributed by atoms with E-state index < -0.39 is 22.5 Å². The molecular formula is C24H24ClN3O4S. The third-order valence-corrected chi connectivity index (χ3v) is 6.91. The number of nitrogens with one attached hydrogen (secondary N) is 1. The van der Waals surface area contributed by atoms with Gasteiger partial charge in [-0.15, -0.1) is 0 Å². The summed E-state index contributed by atoms with van der Waals surface area (Å²) in [6.45, 7) is 3.14. The number of hydrogen-bond donors (Lipinski definition) is 1. The van der Waals surface area contributed by atoms with E-state index in [0.717, 1.165) is 15.4 Å². The fourth-order valence-corrected chi connectivity index (χ4v) is 4.52. The van der Waals surface area contributed by atoms with E-state index in [1.54, 1.807) is 67.6 Å². The number of halogens is 1. The predicted octanol–water partition coefficient (Wildman–Crippen LogP) is 4.39. The van der Waals surface area contributed by atoms with Crippen LogP contribution in [0.2, 0.25) is 5.02 Å². The predicted molar refractivity (Wildman–Crippen MR) is 131 cm³/mol. The van der Waals surface area contributed by atoms with Crippen LogP contribution in [0, 0.1) is 6.92 Å². The molecule has 0 atom stereocenters. The number of sulfonamides is 1. The summed E-state index contributed by atoms with van der Waals surface area (Å²) in [5, 5.41) is 4.69. The molecule has 0 spiro atoms. The number of anilines is 1. The van der Waals surface area contributed by atoms with Crippen LogP contribution < -0.4 is 14.5 Å². The summed E-state index contributed by atoms with van der Waals surface area (Å²) < 4.78 is 33.0. The lowest BCUT2D eigenvalue weighted by atomic mass is 10.1. The summed E-state index contributed by atoms with van der Waals surface area (Å²) >= 11 is 5.90. The Hall–Kier alpha value is -3.36. The van der Waals surface area contributed by atoms with Crippen molar-refractivity contribution in [1.82, 2.24) is 5.43 Å². The van der Waals surface area contributed by atoms with Gasteiger partial charge in [-0.2, -0.15) is 5.10 Å². The van der Waals surface area contributed by atoms with Crippen molar-refractivity contribution in [3.63, 3.8) is 0 Å². The van der Waals surface area contributed by atoms with E-state index in [4.69, 9.17) is 16.3 Å². The molecule has 0 unspecified atom stereocenters. The Bertz CT molecular complexity index is 1240. The normalized spacial score (nSPS) is 11.7. The maximum absolute atomic E-state index is 13.4. The first-order valence-corrected chi connectivity index (χ1v) is 11.8. The Morgan fingerprint density at radius 1 is 1.00 bits per heavy atom.